The molecule has 2 rings (SSSR count). The second-order valence-electron chi connectivity index (χ2n) is 3.07. The molecule has 0 aliphatic heterocycles. The van der Waals surface area contributed by atoms with E-state index in [1.807, 2.05) is 0 Å². The van der Waals surface area contributed by atoms with Crippen molar-refractivity contribution in [2.45, 2.75) is 13.3 Å². The SMILES string of the molecule is CCc1cccc(-c2ccsc2)c1. The van der Waals surface area contributed by atoms with E-state index in [2.05, 4.69) is 48.0 Å². The minimum absolute atomic E-state index is 1.11. The van der Waals surface area contributed by atoms with Crippen LogP contribution in [0.15, 0.2) is 41.1 Å². The molecule has 66 valence electrons. The Hall–Kier alpha value is -1.08. The second kappa shape index (κ2) is 3.75. The Kier molecular flexibility index (Phi) is 2.46. The molecule has 1 heteroatoms. The summed E-state index contributed by atoms with van der Waals surface area (Å²) in [5, 5.41) is 4.31. The molecule has 0 amide bonds. The molecular weight excluding hydrogens is 176 g/mol. The van der Waals surface area contributed by atoms with E-state index in [-0.39, 0.29) is 0 Å². The summed E-state index contributed by atoms with van der Waals surface area (Å²) in [6.45, 7) is 2.19. The van der Waals surface area contributed by atoms with Gasteiger partial charge < -0.3 is 0 Å². The normalized spacial score (nSPS) is 10.2. The number of aryl methyl sites for hydroxylation is 1. The molecule has 0 bridgehead atoms. The van der Waals surface area contributed by atoms with Gasteiger partial charge in [0.1, 0.15) is 0 Å². The molecule has 0 nitrogen and oxygen atoms in total. The van der Waals surface area contributed by atoms with E-state index in [4.69, 9.17) is 0 Å². The van der Waals surface area contributed by atoms with Crippen LogP contribution in [0.3, 0.4) is 0 Å². The van der Waals surface area contributed by atoms with Crippen LogP contribution in [0.4, 0.5) is 0 Å². The molecule has 0 aliphatic rings. The molecule has 1 aromatic heterocycles. The van der Waals surface area contributed by atoms with E-state index in [0.29, 0.717) is 0 Å². The lowest BCUT2D eigenvalue weighted by Crippen LogP contribution is -1.80. The van der Waals surface area contributed by atoms with Gasteiger partial charge in [0.2, 0.25) is 0 Å². The van der Waals surface area contributed by atoms with E-state index in [9.17, 15) is 0 Å². The zero-order valence-corrected chi connectivity index (χ0v) is 8.47. The van der Waals surface area contributed by atoms with Crippen molar-refractivity contribution >= 4 is 11.3 Å². The van der Waals surface area contributed by atoms with Crippen molar-refractivity contribution < 1.29 is 0 Å². The zero-order valence-electron chi connectivity index (χ0n) is 7.66. The van der Waals surface area contributed by atoms with Gasteiger partial charge in [0.15, 0.2) is 0 Å². The highest BCUT2D eigenvalue weighted by atomic mass is 32.1. The van der Waals surface area contributed by atoms with Crippen LogP contribution in [0, 0.1) is 0 Å². The number of thiophene rings is 1. The first kappa shape index (κ1) is 8.52. The first-order chi connectivity index (χ1) is 6.40. The number of rotatable bonds is 2. The van der Waals surface area contributed by atoms with Gasteiger partial charge in [-0.2, -0.15) is 11.3 Å². The van der Waals surface area contributed by atoms with Crippen molar-refractivity contribution in [1.29, 1.82) is 0 Å². The van der Waals surface area contributed by atoms with Crippen LogP contribution >= 0.6 is 11.3 Å². The lowest BCUT2D eigenvalue weighted by Gasteiger charge is -2.00. The predicted molar refractivity (Wildman–Crippen MR) is 59.1 cm³/mol. The van der Waals surface area contributed by atoms with Crippen LogP contribution in [0.1, 0.15) is 12.5 Å². The number of hydrogen-bond acceptors (Lipinski definition) is 1. The molecule has 1 heterocycles. The predicted octanol–water partition coefficient (Wildman–Crippen LogP) is 3.98. The standard InChI is InChI=1S/C12H12S/c1-2-10-4-3-5-11(8-10)12-6-7-13-9-12/h3-9H,2H2,1H3. The van der Waals surface area contributed by atoms with Gasteiger partial charge in [-0.15, -0.1) is 0 Å². The summed E-state index contributed by atoms with van der Waals surface area (Å²) in [6, 6.07) is 10.9. The summed E-state index contributed by atoms with van der Waals surface area (Å²) in [4.78, 5) is 0. The van der Waals surface area contributed by atoms with Crippen LogP contribution in [0.2, 0.25) is 0 Å². The molecule has 0 N–H and O–H groups in total. The van der Waals surface area contributed by atoms with Gasteiger partial charge in [0, 0.05) is 0 Å². The molecule has 0 saturated carbocycles. The molecule has 0 saturated heterocycles. The fourth-order valence-electron chi connectivity index (χ4n) is 1.40. The van der Waals surface area contributed by atoms with Crippen LogP contribution in [-0.4, -0.2) is 0 Å². The molecule has 0 spiro atoms. The third kappa shape index (κ3) is 1.81. The molecule has 0 atom stereocenters. The smallest absolute Gasteiger partial charge is 0.00147 e. The molecule has 2 aromatic rings. The molecule has 1 aromatic carbocycles. The van der Waals surface area contributed by atoms with Gasteiger partial charge in [0.05, 0.1) is 0 Å². The van der Waals surface area contributed by atoms with Crippen molar-refractivity contribution in [2.24, 2.45) is 0 Å². The monoisotopic (exact) mass is 188 g/mol. The third-order valence-electron chi connectivity index (χ3n) is 2.19. The topological polar surface area (TPSA) is 0 Å². The number of hydrogen-bond donors (Lipinski definition) is 0. The Balaban J connectivity index is 2.41. The van der Waals surface area contributed by atoms with Crippen molar-refractivity contribution in [3.8, 4) is 11.1 Å². The average molecular weight is 188 g/mol. The van der Waals surface area contributed by atoms with Crippen molar-refractivity contribution in [1.82, 2.24) is 0 Å². The molecule has 0 unspecified atom stereocenters. The highest BCUT2D eigenvalue weighted by molar-refractivity contribution is 7.08. The quantitative estimate of drug-likeness (QED) is 0.668. The summed E-state index contributed by atoms with van der Waals surface area (Å²) in [5.41, 5.74) is 4.07. The van der Waals surface area contributed by atoms with Gasteiger partial charge >= 0.3 is 0 Å². The summed E-state index contributed by atoms with van der Waals surface area (Å²) in [5.74, 6) is 0. The zero-order chi connectivity index (χ0) is 9.10. The second-order valence-corrected chi connectivity index (χ2v) is 3.85. The van der Waals surface area contributed by atoms with Crippen molar-refractivity contribution in [3.63, 3.8) is 0 Å². The maximum atomic E-state index is 2.27. The molecule has 0 fully saturated rings. The Morgan fingerprint density at radius 1 is 1.15 bits per heavy atom. The minimum atomic E-state index is 1.11. The Labute approximate surface area is 82.9 Å². The summed E-state index contributed by atoms with van der Waals surface area (Å²) >= 11 is 1.75. The van der Waals surface area contributed by atoms with Crippen LogP contribution < -0.4 is 0 Å². The largest absolute Gasteiger partial charge is 0.152 e. The Bertz CT molecular complexity index is 374. The van der Waals surface area contributed by atoms with Crippen molar-refractivity contribution in [2.75, 3.05) is 0 Å². The Morgan fingerprint density at radius 2 is 2.08 bits per heavy atom. The van der Waals surface area contributed by atoms with Gasteiger partial charge in [0.25, 0.3) is 0 Å². The van der Waals surface area contributed by atoms with E-state index in [0.717, 1.165) is 6.42 Å². The van der Waals surface area contributed by atoms with Gasteiger partial charge in [-0.3, -0.25) is 0 Å². The highest BCUT2D eigenvalue weighted by Gasteiger charge is 1.97. The number of benzene rings is 1. The van der Waals surface area contributed by atoms with E-state index >= 15 is 0 Å². The van der Waals surface area contributed by atoms with Gasteiger partial charge in [-0.25, -0.2) is 0 Å². The molecular formula is C12H12S. The van der Waals surface area contributed by atoms with E-state index in [1.165, 1.54) is 16.7 Å². The van der Waals surface area contributed by atoms with E-state index < -0.39 is 0 Å². The lowest BCUT2D eigenvalue weighted by atomic mass is 10.1. The average Bonchev–Trinajstić information content (AvgIpc) is 2.71. The van der Waals surface area contributed by atoms with Crippen LogP contribution in [0.5, 0.6) is 0 Å². The van der Waals surface area contributed by atoms with Gasteiger partial charge in [-0.05, 0) is 39.9 Å². The summed E-state index contributed by atoms with van der Waals surface area (Å²) in [7, 11) is 0. The maximum absolute atomic E-state index is 2.27. The molecule has 0 aliphatic carbocycles. The Morgan fingerprint density at radius 3 is 2.77 bits per heavy atom. The molecule has 13 heavy (non-hydrogen) atoms. The van der Waals surface area contributed by atoms with Crippen LogP contribution in [-0.2, 0) is 6.42 Å². The van der Waals surface area contributed by atoms with Gasteiger partial charge in [-0.1, -0.05) is 31.2 Å². The summed E-state index contributed by atoms with van der Waals surface area (Å²) in [6.07, 6.45) is 1.11. The maximum Gasteiger partial charge on any atom is -0.00147 e. The first-order valence-corrected chi connectivity index (χ1v) is 5.46. The first-order valence-electron chi connectivity index (χ1n) is 4.51. The van der Waals surface area contributed by atoms with Crippen molar-refractivity contribution in [3.05, 3.63) is 46.7 Å². The third-order valence-corrected chi connectivity index (χ3v) is 2.87. The molecule has 0 radical (unpaired) electrons. The summed E-state index contributed by atoms with van der Waals surface area (Å²) < 4.78 is 0. The van der Waals surface area contributed by atoms with Crippen LogP contribution in [0.25, 0.3) is 11.1 Å². The lowest BCUT2D eigenvalue weighted by molar-refractivity contribution is 1.14. The highest BCUT2D eigenvalue weighted by Crippen LogP contribution is 2.22. The minimum Gasteiger partial charge on any atom is -0.152 e. The fraction of sp³-hybridized carbons (Fsp3) is 0.167. The van der Waals surface area contributed by atoms with E-state index in [1.54, 1.807) is 11.3 Å². The fourth-order valence-corrected chi connectivity index (χ4v) is 2.06.